The first kappa shape index (κ1) is 18.0. The molecule has 0 aliphatic carbocycles. The fraction of sp³-hybridized carbons (Fsp3) is 0.217. The van der Waals surface area contributed by atoms with Gasteiger partial charge >= 0.3 is 0 Å². The van der Waals surface area contributed by atoms with Crippen LogP contribution in [0.5, 0.6) is 5.75 Å². The first-order valence-corrected chi connectivity index (χ1v) is 9.40. The summed E-state index contributed by atoms with van der Waals surface area (Å²) in [5, 5.41) is 2.91. The van der Waals surface area contributed by atoms with Crippen molar-refractivity contribution in [3.63, 3.8) is 0 Å². The zero-order valence-electron chi connectivity index (χ0n) is 16.1. The molecule has 4 rings (SSSR count). The Kier molecular flexibility index (Phi) is 4.98. The van der Waals surface area contributed by atoms with Crippen LogP contribution in [0.4, 0.5) is 11.4 Å². The van der Waals surface area contributed by atoms with Crippen LogP contribution in [0.1, 0.15) is 28.5 Å². The van der Waals surface area contributed by atoms with E-state index in [2.05, 4.69) is 46.4 Å². The first-order valence-electron chi connectivity index (χ1n) is 9.40. The largest absolute Gasteiger partial charge is 0.496 e. The SMILES string of the molecule is COc1ccccc1CNC(=O)c1ccc(N2c3ccccc3CC2C)cn1. The number of anilines is 2. The Bertz CT molecular complexity index is 985. The van der Waals surface area contributed by atoms with Crippen LogP contribution in [-0.4, -0.2) is 24.0 Å². The van der Waals surface area contributed by atoms with E-state index >= 15 is 0 Å². The van der Waals surface area contributed by atoms with E-state index in [0.29, 0.717) is 18.3 Å². The van der Waals surface area contributed by atoms with Gasteiger partial charge in [-0.25, -0.2) is 4.98 Å². The van der Waals surface area contributed by atoms with Gasteiger partial charge in [-0.15, -0.1) is 0 Å². The lowest BCUT2D eigenvalue weighted by Gasteiger charge is -2.24. The van der Waals surface area contributed by atoms with Crippen LogP contribution in [0.25, 0.3) is 0 Å². The molecular formula is C23H23N3O2. The van der Waals surface area contributed by atoms with Crippen LogP contribution in [0.3, 0.4) is 0 Å². The van der Waals surface area contributed by atoms with Crippen LogP contribution < -0.4 is 15.0 Å². The molecule has 1 aliphatic rings. The lowest BCUT2D eigenvalue weighted by atomic mass is 10.1. The summed E-state index contributed by atoms with van der Waals surface area (Å²) in [4.78, 5) is 19.2. The van der Waals surface area contributed by atoms with Crippen molar-refractivity contribution in [2.45, 2.75) is 25.9 Å². The molecule has 142 valence electrons. The van der Waals surface area contributed by atoms with Gasteiger partial charge in [0, 0.05) is 23.8 Å². The molecular weight excluding hydrogens is 350 g/mol. The van der Waals surface area contributed by atoms with Gasteiger partial charge in [-0.1, -0.05) is 36.4 Å². The van der Waals surface area contributed by atoms with E-state index in [1.807, 2.05) is 30.3 Å². The third kappa shape index (κ3) is 3.43. The van der Waals surface area contributed by atoms with Gasteiger partial charge in [0.25, 0.3) is 5.91 Å². The highest BCUT2D eigenvalue weighted by Gasteiger charge is 2.27. The highest BCUT2D eigenvalue weighted by Crippen LogP contribution is 2.37. The summed E-state index contributed by atoms with van der Waals surface area (Å²) < 4.78 is 5.32. The summed E-state index contributed by atoms with van der Waals surface area (Å²) in [6, 6.07) is 20.2. The number of ether oxygens (including phenoxy) is 1. The molecule has 28 heavy (non-hydrogen) atoms. The summed E-state index contributed by atoms with van der Waals surface area (Å²) in [5.41, 5.74) is 4.88. The minimum Gasteiger partial charge on any atom is -0.496 e. The third-order valence-corrected chi connectivity index (χ3v) is 5.10. The summed E-state index contributed by atoms with van der Waals surface area (Å²) in [7, 11) is 1.62. The van der Waals surface area contributed by atoms with E-state index in [1.54, 1.807) is 19.4 Å². The number of rotatable bonds is 5. The van der Waals surface area contributed by atoms with Gasteiger partial charge < -0.3 is 15.0 Å². The highest BCUT2D eigenvalue weighted by atomic mass is 16.5. The summed E-state index contributed by atoms with van der Waals surface area (Å²) >= 11 is 0. The van der Waals surface area contributed by atoms with Crippen LogP contribution >= 0.6 is 0 Å². The second-order valence-corrected chi connectivity index (χ2v) is 6.95. The maximum atomic E-state index is 12.5. The minimum absolute atomic E-state index is 0.202. The highest BCUT2D eigenvalue weighted by molar-refractivity contribution is 5.92. The summed E-state index contributed by atoms with van der Waals surface area (Å²) in [6.07, 6.45) is 2.79. The molecule has 5 nitrogen and oxygen atoms in total. The van der Waals surface area contributed by atoms with Gasteiger partial charge in [0.2, 0.25) is 0 Å². The normalized spacial score (nSPS) is 15.2. The number of hydrogen-bond donors (Lipinski definition) is 1. The fourth-order valence-corrected chi connectivity index (χ4v) is 3.74. The van der Waals surface area contributed by atoms with E-state index in [1.165, 1.54) is 11.3 Å². The summed E-state index contributed by atoms with van der Waals surface area (Å²) in [5.74, 6) is 0.556. The van der Waals surface area contributed by atoms with Crippen LogP contribution in [0, 0.1) is 0 Å². The molecule has 1 aromatic heterocycles. The molecule has 1 atom stereocenters. The van der Waals surface area contributed by atoms with Crippen molar-refractivity contribution in [2.75, 3.05) is 12.0 Å². The Balaban J connectivity index is 1.47. The van der Waals surface area contributed by atoms with Crippen molar-refractivity contribution in [3.05, 3.63) is 83.7 Å². The molecule has 0 radical (unpaired) electrons. The molecule has 1 unspecified atom stereocenters. The number of pyridine rings is 1. The van der Waals surface area contributed by atoms with E-state index in [-0.39, 0.29) is 5.91 Å². The predicted molar refractivity (Wildman–Crippen MR) is 110 cm³/mol. The second kappa shape index (κ2) is 7.72. The molecule has 0 bridgehead atoms. The lowest BCUT2D eigenvalue weighted by molar-refractivity contribution is 0.0945. The van der Waals surface area contributed by atoms with Gasteiger partial charge in [-0.2, -0.15) is 0 Å². The average molecular weight is 373 g/mol. The third-order valence-electron chi connectivity index (χ3n) is 5.10. The van der Waals surface area contributed by atoms with Crippen molar-refractivity contribution < 1.29 is 9.53 Å². The molecule has 0 spiro atoms. The molecule has 2 heterocycles. The molecule has 1 N–H and O–H groups in total. The zero-order valence-corrected chi connectivity index (χ0v) is 16.1. The Morgan fingerprint density at radius 3 is 2.71 bits per heavy atom. The molecule has 0 saturated carbocycles. The van der Waals surface area contributed by atoms with Gasteiger partial charge in [0.05, 0.1) is 19.0 Å². The zero-order chi connectivity index (χ0) is 19.5. The molecule has 2 aromatic carbocycles. The number of amides is 1. The number of carbonyl (C=O) groups excluding carboxylic acids is 1. The first-order chi connectivity index (χ1) is 13.7. The Labute approximate surface area is 165 Å². The Morgan fingerprint density at radius 1 is 1.14 bits per heavy atom. The maximum Gasteiger partial charge on any atom is 0.270 e. The van der Waals surface area contributed by atoms with E-state index in [9.17, 15) is 4.79 Å². The number of hydrogen-bond acceptors (Lipinski definition) is 4. The molecule has 0 saturated heterocycles. The van der Waals surface area contributed by atoms with Crippen LogP contribution in [-0.2, 0) is 13.0 Å². The molecule has 1 aliphatic heterocycles. The summed E-state index contributed by atoms with van der Waals surface area (Å²) in [6.45, 7) is 2.59. The number of fused-ring (bicyclic) bond motifs is 1. The number of methoxy groups -OCH3 is 1. The van der Waals surface area contributed by atoms with Crippen molar-refractivity contribution in [1.29, 1.82) is 0 Å². The average Bonchev–Trinajstić information content (AvgIpc) is 3.08. The van der Waals surface area contributed by atoms with Gasteiger partial charge in [0.15, 0.2) is 0 Å². The molecule has 5 heteroatoms. The lowest BCUT2D eigenvalue weighted by Crippen LogP contribution is -2.26. The second-order valence-electron chi connectivity index (χ2n) is 6.95. The molecule has 3 aromatic rings. The Morgan fingerprint density at radius 2 is 1.93 bits per heavy atom. The van der Waals surface area contributed by atoms with Gasteiger partial charge in [0.1, 0.15) is 11.4 Å². The van der Waals surface area contributed by atoms with E-state index < -0.39 is 0 Å². The minimum atomic E-state index is -0.202. The van der Waals surface area contributed by atoms with Crippen molar-refractivity contribution in [3.8, 4) is 5.75 Å². The Hall–Kier alpha value is -3.34. The quantitative estimate of drug-likeness (QED) is 0.731. The van der Waals surface area contributed by atoms with Crippen LogP contribution in [0.15, 0.2) is 66.9 Å². The number of benzene rings is 2. The van der Waals surface area contributed by atoms with Gasteiger partial charge in [-0.3, -0.25) is 4.79 Å². The number of nitrogens with zero attached hydrogens (tertiary/aromatic N) is 2. The van der Waals surface area contributed by atoms with Gasteiger partial charge in [-0.05, 0) is 43.2 Å². The monoisotopic (exact) mass is 373 g/mol. The van der Waals surface area contributed by atoms with E-state index in [4.69, 9.17) is 4.74 Å². The predicted octanol–water partition coefficient (Wildman–Crippen LogP) is 4.10. The standard InChI is InChI=1S/C23H23N3O2/c1-16-13-17-7-3-5-9-21(17)26(16)19-11-12-20(24-15-19)23(27)25-14-18-8-4-6-10-22(18)28-2/h3-12,15-16H,13-14H2,1-2H3,(H,25,27). The number of aromatic nitrogens is 1. The van der Waals surface area contributed by atoms with Crippen LogP contribution in [0.2, 0.25) is 0 Å². The maximum absolute atomic E-state index is 12.5. The van der Waals surface area contributed by atoms with Crippen molar-refractivity contribution in [1.82, 2.24) is 10.3 Å². The topological polar surface area (TPSA) is 54.5 Å². The van der Waals surface area contributed by atoms with Crippen molar-refractivity contribution in [2.24, 2.45) is 0 Å². The molecule has 0 fully saturated rings. The smallest absolute Gasteiger partial charge is 0.270 e. The number of para-hydroxylation sites is 2. The molecule has 1 amide bonds. The number of carbonyl (C=O) groups is 1. The van der Waals surface area contributed by atoms with Crippen molar-refractivity contribution >= 4 is 17.3 Å². The fourth-order valence-electron chi connectivity index (χ4n) is 3.74. The van der Waals surface area contributed by atoms with E-state index in [0.717, 1.165) is 23.4 Å². The number of nitrogens with one attached hydrogen (secondary N) is 1.